The van der Waals surface area contributed by atoms with E-state index in [2.05, 4.69) is 5.32 Å². The topological polar surface area (TPSA) is 71.3 Å². The molecule has 0 aliphatic carbocycles. The van der Waals surface area contributed by atoms with Gasteiger partial charge in [0.25, 0.3) is 5.91 Å². The molecule has 1 N–H and O–H groups in total. The van der Waals surface area contributed by atoms with Crippen molar-refractivity contribution < 1.29 is 14.3 Å². The van der Waals surface area contributed by atoms with Gasteiger partial charge in [-0.1, -0.05) is 17.7 Å². The fourth-order valence-electron chi connectivity index (χ4n) is 2.34. The van der Waals surface area contributed by atoms with Crippen molar-refractivity contribution in [2.24, 2.45) is 0 Å². The van der Waals surface area contributed by atoms with Crippen molar-refractivity contribution in [1.29, 1.82) is 5.26 Å². The second-order valence-electron chi connectivity index (χ2n) is 6.15. The minimum Gasteiger partial charge on any atom is -0.497 e. The van der Waals surface area contributed by atoms with Crippen LogP contribution in [0.15, 0.2) is 42.0 Å². The van der Waals surface area contributed by atoms with Crippen LogP contribution in [0.5, 0.6) is 11.5 Å². The maximum atomic E-state index is 12.6. The number of hydrogen-bond donors (Lipinski definition) is 1. The summed E-state index contributed by atoms with van der Waals surface area (Å²) in [6.07, 6.45) is 1.42. The fourth-order valence-corrected chi connectivity index (χ4v) is 2.51. The maximum absolute atomic E-state index is 12.6. The molecule has 2 aromatic rings. The highest BCUT2D eigenvalue weighted by atomic mass is 35.5. The normalized spacial score (nSPS) is 11.1. The molecular weight excluding hydrogens is 364 g/mol. The van der Waals surface area contributed by atoms with E-state index in [-0.39, 0.29) is 11.7 Å². The average Bonchev–Trinajstić information content (AvgIpc) is 2.63. The highest BCUT2D eigenvalue weighted by molar-refractivity contribution is 6.31. The van der Waals surface area contributed by atoms with Gasteiger partial charge in [0.2, 0.25) is 0 Å². The van der Waals surface area contributed by atoms with Gasteiger partial charge < -0.3 is 14.8 Å². The maximum Gasteiger partial charge on any atom is 0.266 e. The van der Waals surface area contributed by atoms with E-state index in [1.807, 2.05) is 26.8 Å². The summed E-state index contributed by atoms with van der Waals surface area (Å²) in [5, 5.41) is 12.7. The van der Waals surface area contributed by atoms with Crippen LogP contribution >= 0.6 is 11.6 Å². The Labute approximate surface area is 164 Å². The summed E-state index contributed by atoms with van der Waals surface area (Å²) < 4.78 is 11.0. The summed E-state index contributed by atoms with van der Waals surface area (Å²) in [6.45, 7) is 5.64. The van der Waals surface area contributed by atoms with Crippen LogP contribution in [0.25, 0.3) is 6.08 Å². The lowest BCUT2D eigenvalue weighted by Crippen LogP contribution is -2.14. The van der Waals surface area contributed by atoms with Crippen molar-refractivity contribution in [3.63, 3.8) is 0 Å². The summed E-state index contributed by atoms with van der Waals surface area (Å²) in [6, 6.07) is 12.3. The van der Waals surface area contributed by atoms with Crippen LogP contribution in [0.2, 0.25) is 5.02 Å². The third-order valence-electron chi connectivity index (χ3n) is 3.70. The van der Waals surface area contributed by atoms with Gasteiger partial charge in [0.15, 0.2) is 0 Å². The van der Waals surface area contributed by atoms with Crippen LogP contribution in [0.4, 0.5) is 5.69 Å². The number of aryl methyl sites for hydroxylation is 1. The number of methoxy groups -OCH3 is 1. The molecule has 0 radical (unpaired) electrons. The molecule has 0 saturated carbocycles. The number of nitriles is 1. The molecule has 0 heterocycles. The molecule has 27 heavy (non-hydrogen) atoms. The van der Waals surface area contributed by atoms with Gasteiger partial charge >= 0.3 is 0 Å². The Hall–Kier alpha value is -2.97. The summed E-state index contributed by atoms with van der Waals surface area (Å²) in [7, 11) is 1.56. The first-order valence-corrected chi connectivity index (χ1v) is 8.75. The van der Waals surface area contributed by atoms with Gasteiger partial charge in [-0.3, -0.25) is 4.79 Å². The molecule has 6 heteroatoms. The van der Waals surface area contributed by atoms with Crippen LogP contribution in [0.1, 0.15) is 25.0 Å². The summed E-state index contributed by atoms with van der Waals surface area (Å²) >= 11 is 5.98. The first kappa shape index (κ1) is 20.3. The lowest BCUT2D eigenvalue weighted by atomic mass is 10.1. The highest BCUT2D eigenvalue weighted by Gasteiger charge is 2.14. The van der Waals surface area contributed by atoms with E-state index in [0.717, 1.165) is 5.56 Å². The standard InChI is InChI=1S/C21H21ClN2O3/c1-13(2)27-20-11-18(26-4)8-6-15(20)9-16(12-23)21(25)24-19-10-17(22)7-5-14(19)3/h5-11,13H,1-4H3,(H,24,25)/b16-9+. The number of hydrogen-bond acceptors (Lipinski definition) is 4. The molecule has 0 fully saturated rings. The lowest BCUT2D eigenvalue weighted by molar-refractivity contribution is -0.112. The number of anilines is 1. The summed E-state index contributed by atoms with van der Waals surface area (Å²) in [5.74, 6) is 0.637. The second kappa shape index (κ2) is 9.11. The molecule has 0 saturated heterocycles. The van der Waals surface area contributed by atoms with Crippen molar-refractivity contribution in [3.05, 3.63) is 58.1 Å². The van der Waals surface area contributed by atoms with E-state index in [1.165, 1.54) is 6.08 Å². The SMILES string of the molecule is COc1ccc(/C=C(\C#N)C(=O)Nc2cc(Cl)ccc2C)c(OC(C)C)c1. The van der Waals surface area contributed by atoms with Crippen molar-refractivity contribution in [2.75, 3.05) is 12.4 Å². The molecule has 0 atom stereocenters. The van der Waals surface area contributed by atoms with E-state index in [9.17, 15) is 10.1 Å². The Bertz CT molecular complexity index is 914. The molecular formula is C21H21ClN2O3. The number of nitrogens with zero attached hydrogens (tertiary/aromatic N) is 1. The number of halogens is 1. The van der Waals surface area contributed by atoms with Crippen LogP contribution < -0.4 is 14.8 Å². The van der Waals surface area contributed by atoms with Gasteiger partial charge in [-0.05, 0) is 56.7 Å². The summed E-state index contributed by atoms with van der Waals surface area (Å²) in [5.41, 5.74) is 1.97. The third kappa shape index (κ3) is 5.50. The fraction of sp³-hybridized carbons (Fsp3) is 0.238. The molecule has 1 amide bonds. The first-order chi connectivity index (χ1) is 12.8. The molecule has 5 nitrogen and oxygen atoms in total. The molecule has 0 aromatic heterocycles. The molecule has 0 aliphatic rings. The largest absolute Gasteiger partial charge is 0.497 e. The Morgan fingerprint density at radius 1 is 1.26 bits per heavy atom. The van der Waals surface area contributed by atoms with Crippen molar-refractivity contribution in [1.82, 2.24) is 0 Å². The highest BCUT2D eigenvalue weighted by Crippen LogP contribution is 2.28. The van der Waals surface area contributed by atoms with Crippen LogP contribution in [0, 0.1) is 18.3 Å². The Morgan fingerprint density at radius 3 is 2.63 bits per heavy atom. The van der Waals surface area contributed by atoms with E-state index in [0.29, 0.717) is 27.8 Å². The number of benzene rings is 2. The number of ether oxygens (including phenoxy) is 2. The predicted octanol–water partition coefficient (Wildman–Crippen LogP) is 4.99. The van der Waals surface area contributed by atoms with Gasteiger partial charge in [0, 0.05) is 22.3 Å². The van der Waals surface area contributed by atoms with Crippen LogP contribution in [0.3, 0.4) is 0 Å². The number of carbonyl (C=O) groups excluding carboxylic acids is 1. The van der Waals surface area contributed by atoms with Crippen LogP contribution in [-0.4, -0.2) is 19.1 Å². The zero-order valence-corrected chi connectivity index (χ0v) is 16.4. The minimum atomic E-state index is -0.519. The van der Waals surface area contributed by atoms with Crippen molar-refractivity contribution in [3.8, 4) is 17.6 Å². The number of amides is 1. The average molecular weight is 385 g/mol. The van der Waals surface area contributed by atoms with Gasteiger partial charge in [-0.15, -0.1) is 0 Å². The van der Waals surface area contributed by atoms with Crippen molar-refractivity contribution in [2.45, 2.75) is 26.9 Å². The van der Waals surface area contributed by atoms with Gasteiger partial charge in [-0.2, -0.15) is 5.26 Å². The zero-order valence-electron chi connectivity index (χ0n) is 15.7. The molecule has 0 unspecified atom stereocenters. The summed E-state index contributed by atoms with van der Waals surface area (Å²) in [4.78, 5) is 12.6. The monoisotopic (exact) mass is 384 g/mol. The zero-order chi connectivity index (χ0) is 20.0. The van der Waals surface area contributed by atoms with Crippen molar-refractivity contribution >= 4 is 29.3 Å². The molecule has 140 valence electrons. The first-order valence-electron chi connectivity index (χ1n) is 8.38. The number of nitrogens with one attached hydrogen (secondary N) is 1. The Morgan fingerprint density at radius 2 is 2.00 bits per heavy atom. The molecule has 2 rings (SSSR count). The van der Waals surface area contributed by atoms with Gasteiger partial charge in [0.1, 0.15) is 23.1 Å². The number of rotatable bonds is 6. The second-order valence-corrected chi connectivity index (χ2v) is 6.59. The molecule has 0 bridgehead atoms. The molecule has 0 spiro atoms. The predicted molar refractivity (Wildman–Crippen MR) is 107 cm³/mol. The third-order valence-corrected chi connectivity index (χ3v) is 3.93. The number of carbonyl (C=O) groups is 1. The Balaban J connectivity index is 2.36. The molecule has 2 aromatic carbocycles. The molecule has 0 aliphatic heterocycles. The van der Waals surface area contributed by atoms with E-state index in [1.54, 1.807) is 43.5 Å². The van der Waals surface area contributed by atoms with E-state index >= 15 is 0 Å². The van der Waals surface area contributed by atoms with Gasteiger partial charge in [0.05, 0.1) is 13.2 Å². The Kier molecular flexibility index (Phi) is 6.86. The van der Waals surface area contributed by atoms with Crippen LogP contribution in [-0.2, 0) is 4.79 Å². The van der Waals surface area contributed by atoms with Gasteiger partial charge in [-0.25, -0.2) is 0 Å². The quantitative estimate of drug-likeness (QED) is 0.562. The minimum absolute atomic E-state index is 0.0480. The van der Waals surface area contributed by atoms with E-state index < -0.39 is 5.91 Å². The van der Waals surface area contributed by atoms with E-state index in [4.69, 9.17) is 21.1 Å². The lowest BCUT2D eigenvalue weighted by Gasteiger charge is -2.14. The smallest absolute Gasteiger partial charge is 0.266 e.